The van der Waals surface area contributed by atoms with Crippen LogP contribution in [0.4, 0.5) is 17.1 Å². The molecule has 0 aliphatic heterocycles. The molecule has 1 aliphatic rings. The van der Waals surface area contributed by atoms with Gasteiger partial charge >= 0.3 is 0 Å². The lowest BCUT2D eigenvalue weighted by atomic mass is 9.82. The molecule has 0 radical (unpaired) electrons. The fraction of sp³-hybridized carbons (Fsp3) is 0.0612. The van der Waals surface area contributed by atoms with Crippen molar-refractivity contribution in [2.24, 2.45) is 0 Å². The second kappa shape index (κ2) is 12.1. The van der Waals surface area contributed by atoms with E-state index in [1.54, 1.807) is 0 Å². The van der Waals surface area contributed by atoms with Gasteiger partial charge in [-0.15, -0.1) is 0 Å². The van der Waals surface area contributed by atoms with Crippen molar-refractivity contribution < 1.29 is 0 Å². The number of fused-ring (bicyclic) bond motifs is 4. The van der Waals surface area contributed by atoms with Crippen LogP contribution in [0.5, 0.6) is 0 Å². The summed E-state index contributed by atoms with van der Waals surface area (Å²) in [6.45, 7) is 4.71. The van der Waals surface area contributed by atoms with Gasteiger partial charge in [-0.25, -0.2) is 0 Å². The molecule has 50 heavy (non-hydrogen) atoms. The van der Waals surface area contributed by atoms with Crippen LogP contribution < -0.4 is 4.90 Å². The molecule has 0 saturated carbocycles. The minimum absolute atomic E-state index is 0.111. The van der Waals surface area contributed by atoms with Gasteiger partial charge in [-0.05, 0) is 97.2 Å². The van der Waals surface area contributed by atoms with Crippen LogP contribution >= 0.6 is 0 Å². The van der Waals surface area contributed by atoms with Crippen molar-refractivity contribution in [3.63, 3.8) is 0 Å². The zero-order chi connectivity index (χ0) is 33.7. The van der Waals surface area contributed by atoms with E-state index in [-0.39, 0.29) is 5.41 Å². The molecule has 1 heteroatoms. The van der Waals surface area contributed by atoms with Crippen molar-refractivity contribution in [2.45, 2.75) is 19.3 Å². The highest BCUT2D eigenvalue weighted by molar-refractivity contribution is 5.95. The minimum Gasteiger partial charge on any atom is -0.310 e. The Bertz CT molecular complexity index is 2520. The lowest BCUT2D eigenvalue weighted by Crippen LogP contribution is -2.17. The maximum atomic E-state index is 2.46. The first kappa shape index (κ1) is 29.9. The molecule has 1 nitrogen and oxygen atoms in total. The number of anilines is 3. The van der Waals surface area contributed by atoms with E-state index < -0.39 is 0 Å². The predicted octanol–water partition coefficient (Wildman–Crippen LogP) is 13.6. The van der Waals surface area contributed by atoms with E-state index in [4.69, 9.17) is 0 Å². The van der Waals surface area contributed by atoms with E-state index in [9.17, 15) is 0 Å². The Labute approximate surface area is 294 Å². The SMILES string of the molecule is CC1(C)c2ccccc2-c2ccc(N(c3cccc(-c4ccc5ccccc5c4)c3)c3ccccc3-c3ccccc3-c3ccccc3)cc21. The Hall–Kier alpha value is -6.18. The van der Waals surface area contributed by atoms with Crippen molar-refractivity contribution >= 4 is 27.8 Å². The van der Waals surface area contributed by atoms with Crippen LogP contribution in [0.3, 0.4) is 0 Å². The first-order chi connectivity index (χ1) is 24.6. The summed E-state index contributed by atoms with van der Waals surface area (Å²) < 4.78 is 0. The predicted molar refractivity (Wildman–Crippen MR) is 213 cm³/mol. The maximum absolute atomic E-state index is 2.46. The maximum Gasteiger partial charge on any atom is 0.0540 e. The highest BCUT2D eigenvalue weighted by Gasteiger charge is 2.36. The number of rotatable bonds is 6. The molecule has 9 rings (SSSR count). The molecule has 0 atom stereocenters. The zero-order valence-corrected chi connectivity index (χ0v) is 28.3. The van der Waals surface area contributed by atoms with E-state index in [1.165, 1.54) is 66.4 Å². The van der Waals surface area contributed by atoms with E-state index in [2.05, 4.69) is 207 Å². The third-order valence-corrected chi connectivity index (χ3v) is 10.5. The van der Waals surface area contributed by atoms with Crippen LogP contribution in [-0.2, 0) is 5.41 Å². The molecule has 0 N–H and O–H groups in total. The summed E-state index contributed by atoms with van der Waals surface area (Å²) in [7, 11) is 0. The molecule has 0 amide bonds. The van der Waals surface area contributed by atoms with Crippen LogP contribution in [0.1, 0.15) is 25.0 Å². The molecule has 0 aromatic heterocycles. The van der Waals surface area contributed by atoms with Gasteiger partial charge < -0.3 is 4.90 Å². The van der Waals surface area contributed by atoms with E-state index in [1.807, 2.05) is 0 Å². The summed E-state index contributed by atoms with van der Waals surface area (Å²) in [5.41, 5.74) is 15.9. The highest BCUT2D eigenvalue weighted by Crippen LogP contribution is 2.51. The van der Waals surface area contributed by atoms with Crippen molar-refractivity contribution in [3.8, 4) is 44.5 Å². The summed E-state index contributed by atoms with van der Waals surface area (Å²) in [6, 6.07) is 68.7. The summed E-state index contributed by atoms with van der Waals surface area (Å²) >= 11 is 0. The Kier molecular flexibility index (Phi) is 7.21. The van der Waals surface area contributed by atoms with Gasteiger partial charge in [0.05, 0.1) is 5.69 Å². The molecule has 8 aromatic rings. The molecular formula is C49H37N. The molecule has 0 unspecified atom stereocenters. The Balaban J connectivity index is 1.26. The molecule has 0 bridgehead atoms. The fourth-order valence-corrected chi connectivity index (χ4v) is 7.94. The van der Waals surface area contributed by atoms with Gasteiger partial charge in [-0.2, -0.15) is 0 Å². The molecular weight excluding hydrogens is 603 g/mol. The monoisotopic (exact) mass is 639 g/mol. The van der Waals surface area contributed by atoms with Gasteiger partial charge in [0.2, 0.25) is 0 Å². The second-order valence-corrected chi connectivity index (χ2v) is 13.8. The van der Waals surface area contributed by atoms with E-state index in [0.717, 1.165) is 17.1 Å². The van der Waals surface area contributed by atoms with Gasteiger partial charge in [0.25, 0.3) is 0 Å². The smallest absolute Gasteiger partial charge is 0.0540 e. The molecule has 238 valence electrons. The van der Waals surface area contributed by atoms with Crippen LogP contribution in [0.2, 0.25) is 0 Å². The number of hydrogen-bond donors (Lipinski definition) is 0. The van der Waals surface area contributed by atoms with Gasteiger partial charge in [-0.3, -0.25) is 0 Å². The molecule has 0 spiro atoms. The molecule has 1 aliphatic carbocycles. The third-order valence-electron chi connectivity index (χ3n) is 10.5. The largest absolute Gasteiger partial charge is 0.310 e. The first-order valence-electron chi connectivity index (χ1n) is 17.4. The first-order valence-corrected chi connectivity index (χ1v) is 17.4. The molecule has 0 saturated heterocycles. The van der Waals surface area contributed by atoms with Gasteiger partial charge in [0.1, 0.15) is 0 Å². The average molecular weight is 640 g/mol. The lowest BCUT2D eigenvalue weighted by Gasteiger charge is -2.30. The van der Waals surface area contributed by atoms with E-state index in [0.29, 0.717) is 0 Å². The highest BCUT2D eigenvalue weighted by atomic mass is 15.1. The quantitative estimate of drug-likeness (QED) is 0.175. The number of para-hydroxylation sites is 1. The van der Waals surface area contributed by atoms with Gasteiger partial charge in [-0.1, -0.05) is 166 Å². The van der Waals surface area contributed by atoms with Crippen molar-refractivity contribution in [2.75, 3.05) is 4.90 Å². The topological polar surface area (TPSA) is 3.24 Å². The summed E-state index contributed by atoms with van der Waals surface area (Å²) in [5.74, 6) is 0. The normalized spacial score (nSPS) is 12.8. The van der Waals surface area contributed by atoms with E-state index >= 15 is 0 Å². The van der Waals surface area contributed by atoms with Crippen molar-refractivity contribution in [1.82, 2.24) is 0 Å². The summed E-state index contributed by atoms with van der Waals surface area (Å²) in [4.78, 5) is 2.46. The fourth-order valence-electron chi connectivity index (χ4n) is 7.94. The average Bonchev–Trinajstić information content (AvgIpc) is 3.41. The molecule has 0 fully saturated rings. The van der Waals surface area contributed by atoms with Crippen LogP contribution in [0.25, 0.3) is 55.3 Å². The number of nitrogens with zero attached hydrogens (tertiary/aromatic N) is 1. The standard InChI is InChI=1S/C49H37N/c1-49(2)46-25-12-10-23-43(46)44-30-29-40(33-47(44)49)50(39-20-14-19-37(32-39)38-28-27-34-15-6-7-18-36(34)31-38)48-26-13-11-24-45(48)42-22-9-8-21-41(42)35-16-4-3-5-17-35/h3-33H,1-2H3. The zero-order valence-electron chi connectivity index (χ0n) is 28.3. The van der Waals surface area contributed by atoms with Gasteiger partial charge in [0, 0.05) is 22.4 Å². The van der Waals surface area contributed by atoms with Crippen molar-refractivity contribution in [3.05, 3.63) is 199 Å². The second-order valence-electron chi connectivity index (χ2n) is 13.8. The van der Waals surface area contributed by atoms with Crippen LogP contribution in [0.15, 0.2) is 188 Å². The lowest BCUT2D eigenvalue weighted by molar-refractivity contribution is 0.660. The van der Waals surface area contributed by atoms with Crippen LogP contribution in [0, 0.1) is 0 Å². The van der Waals surface area contributed by atoms with Crippen molar-refractivity contribution in [1.29, 1.82) is 0 Å². The number of benzene rings is 8. The Morgan fingerprint density at radius 2 is 0.940 bits per heavy atom. The Morgan fingerprint density at radius 3 is 1.78 bits per heavy atom. The summed E-state index contributed by atoms with van der Waals surface area (Å²) in [6.07, 6.45) is 0. The Morgan fingerprint density at radius 1 is 0.340 bits per heavy atom. The van der Waals surface area contributed by atoms with Gasteiger partial charge in [0.15, 0.2) is 0 Å². The third kappa shape index (κ3) is 5.02. The molecule has 0 heterocycles. The minimum atomic E-state index is -0.111. The molecule has 8 aromatic carbocycles. The summed E-state index contributed by atoms with van der Waals surface area (Å²) in [5, 5.41) is 2.50. The van der Waals surface area contributed by atoms with Crippen LogP contribution in [-0.4, -0.2) is 0 Å². The number of hydrogen-bond acceptors (Lipinski definition) is 1.